The van der Waals surface area contributed by atoms with E-state index >= 15 is 0 Å². The fourth-order valence-electron chi connectivity index (χ4n) is 3.25. The summed E-state index contributed by atoms with van der Waals surface area (Å²) in [7, 11) is 0. The molecule has 0 bridgehead atoms. The van der Waals surface area contributed by atoms with Gasteiger partial charge in [-0.2, -0.15) is 12.6 Å². The molecule has 1 saturated carbocycles. The number of thiol groups is 1. The van der Waals surface area contributed by atoms with Gasteiger partial charge in [0.2, 0.25) is 0 Å². The summed E-state index contributed by atoms with van der Waals surface area (Å²) in [4.78, 5) is 2.50. The molecule has 0 aliphatic heterocycles. The van der Waals surface area contributed by atoms with E-state index in [1.165, 1.54) is 38.5 Å². The van der Waals surface area contributed by atoms with E-state index in [-0.39, 0.29) is 6.61 Å². The third kappa shape index (κ3) is 4.15. The minimum absolute atomic E-state index is 0.277. The quantitative estimate of drug-likeness (QED) is 0.655. The molecule has 0 amide bonds. The maximum atomic E-state index is 9.25. The molecule has 1 aliphatic carbocycles. The summed E-state index contributed by atoms with van der Waals surface area (Å²) in [6.07, 6.45) is 7.71. The van der Waals surface area contributed by atoms with E-state index in [1.54, 1.807) is 0 Å². The molecule has 1 N–H and O–H groups in total. The molecule has 0 saturated heterocycles. The van der Waals surface area contributed by atoms with Gasteiger partial charge < -0.3 is 5.11 Å². The largest absolute Gasteiger partial charge is 0.395 e. The van der Waals surface area contributed by atoms with Crippen molar-refractivity contribution in [1.29, 1.82) is 0 Å². The Kier molecular flexibility index (Phi) is 6.90. The average Bonchev–Trinajstić information content (AvgIpc) is 2.80. The fourth-order valence-corrected chi connectivity index (χ4v) is 3.66. The van der Waals surface area contributed by atoms with Crippen molar-refractivity contribution in [2.45, 2.75) is 58.4 Å². The fraction of sp³-hybridized carbons (Fsp3) is 1.00. The Labute approximate surface area is 112 Å². The lowest BCUT2D eigenvalue weighted by Gasteiger charge is -2.38. The SMILES string of the molecule is CCC(CC)N(CCO)CC1(CS)CCCC1. The smallest absolute Gasteiger partial charge is 0.0558 e. The Morgan fingerprint density at radius 1 is 1.24 bits per heavy atom. The van der Waals surface area contributed by atoms with Crippen LogP contribution in [-0.4, -0.2) is 41.5 Å². The van der Waals surface area contributed by atoms with Crippen LogP contribution in [0.1, 0.15) is 52.4 Å². The van der Waals surface area contributed by atoms with E-state index in [2.05, 4.69) is 31.4 Å². The molecule has 0 atom stereocenters. The maximum absolute atomic E-state index is 9.25. The number of rotatable bonds is 8. The Balaban J connectivity index is 2.63. The maximum Gasteiger partial charge on any atom is 0.0558 e. The van der Waals surface area contributed by atoms with E-state index in [9.17, 15) is 5.11 Å². The van der Waals surface area contributed by atoms with Crippen molar-refractivity contribution < 1.29 is 5.11 Å². The highest BCUT2D eigenvalue weighted by Gasteiger charge is 2.35. The second-order valence-electron chi connectivity index (χ2n) is 5.53. The van der Waals surface area contributed by atoms with E-state index in [4.69, 9.17) is 0 Å². The van der Waals surface area contributed by atoms with Crippen LogP contribution in [0.3, 0.4) is 0 Å². The highest BCUT2D eigenvalue weighted by molar-refractivity contribution is 7.80. The minimum atomic E-state index is 0.277. The lowest BCUT2D eigenvalue weighted by molar-refractivity contribution is 0.0947. The Hall–Kier alpha value is 0.270. The number of nitrogens with zero attached hydrogens (tertiary/aromatic N) is 1. The van der Waals surface area contributed by atoms with Crippen molar-refractivity contribution in [3.8, 4) is 0 Å². The van der Waals surface area contributed by atoms with Gasteiger partial charge in [0.05, 0.1) is 6.61 Å². The summed E-state index contributed by atoms with van der Waals surface area (Å²) >= 11 is 4.58. The van der Waals surface area contributed by atoms with Gasteiger partial charge in [0.15, 0.2) is 0 Å². The number of hydrogen-bond acceptors (Lipinski definition) is 3. The number of aliphatic hydroxyl groups excluding tert-OH is 1. The molecule has 3 heteroatoms. The van der Waals surface area contributed by atoms with E-state index in [0.717, 1.165) is 18.8 Å². The molecule has 102 valence electrons. The van der Waals surface area contributed by atoms with Gasteiger partial charge in [0.25, 0.3) is 0 Å². The molecule has 0 aromatic heterocycles. The van der Waals surface area contributed by atoms with Gasteiger partial charge in [0.1, 0.15) is 0 Å². The van der Waals surface area contributed by atoms with Gasteiger partial charge in [-0.25, -0.2) is 0 Å². The lowest BCUT2D eigenvalue weighted by Crippen LogP contribution is -2.44. The molecule has 0 spiro atoms. The first-order valence-electron chi connectivity index (χ1n) is 7.17. The normalized spacial score (nSPS) is 19.4. The van der Waals surface area contributed by atoms with Crippen LogP contribution < -0.4 is 0 Å². The molecule has 0 radical (unpaired) electrons. The molecule has 1 rings (SSSR count). The molecule has 0 heterocycles. The Morgan fingerprint density at radius 2 is 1.82 bits per heavy atom. The monoisotopic (exact) mass is 259 g/mol. The third-order valence-electron chi connectivity index (χ3n) is 4.38. The molecule has 0 aromatic rings. The molecule has 1 aliphatic rings. The van der Waals surface area contributed by atoms with Crippen LogP contribution in [0.5, 0.6) is 0 Å². The zero-order valence-corrected chi connectivity index (χ0v) is 12.4. The minimum Gasteiger partial charge on any atom is -0.395 e. The van der Waals surface area contributed by atoms with Gasteiger partial charge in [-0.3, -0.25) is 4.90 Å². The van der Waals surface area contributed by atoms with Gasteiger partial charge >= 0.3 is 0 Å². The summed E-state index contributed by atoms with van der Waals surface area (Å²) in [5, 5.41) is 9.25. The average molecular weight is 259 g/mol. The van der Waals surface area contributed by atoms with Crippen molar-refractivity contribution in [2.24, 2.45) is 5.41 Å². The second kappa shape index (κ2) is 7.65. The van der Waals surface area contributed by atoms with Crippen molar-refractivity contribution >= 4 is 12.6 Å². The van der Waals surface area contributed by atoms with E-state index in [1.807, 2.05) is 0 Å². The van der Waals surface area contributed by atoms with Crippen LogP contribution in [0.15, 0.2) is 0 Å². The summed E-state index contributed by atoms with van der Waals surface area (Å²) < 4.78 is 0. The van der Waals surface area contributed by atoms with Gasteiger partial charge in [-0.05, 0) is 36.9 Å². The number of aliphatic hydroxyl groups is 1. The highest BCUT2D eigenvalue weighted by atomic mass is 32.1. The van der Waals surface area contributed by atoms with Gasteiger partial charge in [0, 0.05) is 19.1 Å². The Bertz CT molecular complexity index is 200. The Morgan fingerprint density at radius 3 is 2.24 bits per heavy atom. The van der Waals surface area contributed by atoms with Crippen LogP contribution in [0.2, 0.25) is 0 Å². The predicted molar refractivity (Wildman–Crippen MR) is 77.8 cm³/mol. The molecular weight excluding hydrogens is 230 g/mol. The summed E-state index contributed by atoms with van der Waals surface area (Å²) in [5.41, 5.74) is 0.418. The first-order chi connectivity index (χ1) is 8.21. The van der Waals surface area contributed by atoms with Crippen LogP contribution in [0.4, 0.5) is 0 Å². The van der Waals surface area contributed by atoms with Crippen LogP contribution in [0.25, 0.3) is 0 Å². The summed E-state index contributed by atoms with van der Waals surface area (Å²) in [6.45, 7) is 6.73. The first-order valence-corrected chi connectivity index (χ1v) is 7.80. The van der Waals surface area contributed by atoms with Crippen molar-refractivity contribution in [2.75, 3.05) is 25.4 Å². The summed E-state index contributed by atoms with van der Waals surface area (Å²) in [6, 6.07) is 0.625. The van der Waals surface area contributed by atoms with Gasteiger partial charge in [-0.1, -0.05) is 26.7 Å². The lowest BCUT2D eigenvalue weighted by atomic mass is 9.87. The molecule has 1 fully saturated rings. The molecule has 17 heavy (non-hydrogen) atoms. The van der Waals surface area contributed by atoms with Crippen molar-refractivity contribution in [3.05, 3.63) is 0 Å². The first kappa shape index (κ1) is 15.3. The third-order valence-corrected chi connectivity index (χ3v) is 5.06. The number of hydrogen-bond donors (Lipinski definition) is 2. The van der Waals surface area contributed by atoms with Crippen LogP contribution >= 0.6 is 12.6 Å². The zero-order valence-electron chi connectivity index (χ0n) is 11.5. The van der Waals surface area contributed by atoms with Crippen molar-refractivity contribution in [3.63, 3.8) is 0 Å². The van der Waals surface area contributed by atoms with Crippen molar-refractivity contribution in [1.82, 2.24) is 4.90 Å². The van der Waals surface area contributed by atoms with Gasteiger partial charge in [-0.15, -0.1) is 0 Å². The van der Waals surface area contributed by atoms with E-state index in [0.29, 0.717) is 11.5 Å². The molecular formula is C14H29NOS. The van der Waals surface area contributed by atoms with Crippen LogP contribution in [-0.2, 0) is 0 Å². The molecule has 0 unspecified atom stereocenters. The standard InChI is InChI=1S/C14H29NOS/c1-3-13(4-2)15(9-10-16)11-14(12-17)7-5-6-8-14/h13,16-17H,3-12H2,1-2H3. The zero-order chi connectivity index (χ0) is 12.7. The van der Waals surface area contributed by atoms with Crippen LogP contribution in [0, 0.1) is 5.41 Å². The predicted octanol–water partition coefficient (Wildman–Crippen LogP) is 2.96. The topological polar surface area (TPSA) is 23.5 Å². The second-order valence-corrected chi connectivity index (χ2v) is 5.85. The molecule has 2 nitrogen and oxygen atoms in total. The summed E-state index contributed by atoms with van der Waals surface area (Å²) in [5.74, 6) is 0.995. The van der Waals surface area contributed by atoms with E-state index < -0.39 is 0 Å². The molecule has 0 aromatic carbocycles. The highest BCUT2D eigenvalue weighted by Crippen LogP contribution is 2.40.